The number of benzene rings is 2. The second-order valence-electron chi connectivity index (χ2n) is 18.5. The average Bonchev–Trinajstić information content (AvgIpc) is 3.75. The summed E-state index contributed by atoms with van der Waals surface area (Å²) in [5.74, 6) is -1.60. The number of carbonyl (C=O) groups excluding carboxylic acids is 4. The number of halogens is 3. The number of imide groups is 1. The second-order valence-corrected chi connectivity index (χ2v) is 18.5. The number of fused-ring (bicyclic) bond motifs is 2. The lowest BCUT2D eigenvalue weighted by Crippen LogP contribution is -2.53. The number of hydrogen-bond donors (Lipinski definition) is 5. The highest BCUT2D eigenvalue weighted by molar-refractivity contribution is 6.07. The second kappa shape index (κ2) is 15.8. The van der Waals surface area contributed by atoms with Crippen molar-refractivity contribution in [2.45, 2.75) is 114 Å². The smallest absolute Gasteiger partial charge is 0.386 e. The number of amides is 4. The number of anilines is 2. The van der Waals surface area contributed by atoms with Crippen LogP contribution in [0.25, 0.3) is 10.9 Å². The summed E-state index contributed by atoms with van der Waals surface area (Å²) < 4.78 is 41.8. The Kier molecular flexibility index (Phi) is 10.7. The van der Waals surface area contributed by atoms with E-state index in [-0.39, 0.29) is 47.6 Å². The zero-order chi connectivity index (χ0) is 43.7. The zero-order valence-corrected chi connectivity index (χ0v) is 34.7. The fourth-order valence-corrected chi connectivity index (χ4v) is 10.5. The minimum atomic E-state index is -4.70. The first-order valence-corrected chi connectivity index (χ1v) is 21.5. The van der Waals surface area contributed by atoms with Crippen LogP contribution in [0.2, 0.25) is 0 Å². The van der Waals surface area contributed by atoms with E-state index in [1.165, 1.54) is 11.0 Å². The van der Waals surface area contributed by atoms with Crippen molar-refractivity contribution in [2.24, 2.45) is 11.3 Å². The number of nitrogens with zero attached hydrogens (tertiary/aromatic N) is 5. The van der Waals surface area contributed by atoms with Gasteiger partial charge in [0.05, 0.1) is 17.2 Å². The van der Waals surface area contributed by atoms with Gasteiger partial charge < -0.3 is 25.7 Å². The number of alkyl halides is 3. The highest BCUT2D eigenvalue weighted by atomic mass is 19.4. The van der Waals surface area contributed by atoms with E-state index in [1.54, 1.807) is 38.1 Å². The van der Waals surface area contributed by atoms with E-state index in [4.69, 9.17) is 5.10 Å². The van der Waals surface area contributed by atoms with Crippen molar-refractivity contribution in [2.75, 3.05) is 30.3 Å². The Bertz CT molecular complexity index is 2420. The molecule has 9 rings (SSSR count). The number of aromatic nitrogens is 3. The van der Waals surface area contributed by atoms with Gasteiger partial charge in [0.15, 0.2) is 6.23 Å². The van der Waals surface area contributed by atoms with E-state index in [0.717, 1.165) is 88.5 Å². The van der Waals surface area contributed by atoms with Crippen LogP contribution < -0.4 is 16.0 Å². The molecule has 62 heavy (non-hydrogen) atoms. The zero-order valence-electron chi connectivity index (χ0n) is 34.7. The van der Waals surface area contributed by atoms with E-state index in [1.807, 2.05) is 16.9 Å². The molecule has 0 bridgehead atoms. The Morgan fingerprint density at radius 2 is 1.69 bits per heavy atom. The number of likely N-dealkylation sites (tertiary alicyclic amines) is 1. The van der Waals surface area contributed by atoms with Crippen LogP contribution in [0.4, 0.5) is 24.5 Å². The maximum absolute atomic E-state index is 13.3. The predicted octanol–water partition coefficient (Wildman–Crippen LogP) is 6.27. The molecule has 5 heterocycles. The van der Waals surface area contributed by atoms with Crippen molar-refractivity contribution in [1.82, 2.24) is 29.9 Å². The van der Waals surface area contributed by atoms with Gasteiger partial charge in [0.2, 0.25) is 11.8 Å². The Morgan fingerprint density at radius 3 is 2.39 bits per heavy atom. The van der Waals surface area contributed by atoms with Crippen molar-refractivity contribution < 1.29 is 42.6 Å². The molecule has 14 nitrogen and oxygen atoms in total. The summed E-state index contributed by atoms with van der Waals surface area (Å²) in [6.07, 6.45) is 4.53. The standard InChI is InChI=1S/C45H51F3N8O6/c1-43(2,62)30-20-33-26(19-34(30)51-39(58)32-7-4-8-36(50-32)45(46,47)48)24-55(53-33)28-11-9-25(10-12-28)23-54-17-15-44(16-18-54)21-27(22-44)49-31-6-3-5-29-38(31)42(61)56(41(29)60)35-13-14-37(57)52-40(35)59/h3-8,19-20,24-25,27-28,35,42,49,61-62H,9-18,21-23H2,1-2H3,(H,51,58)(H,52,57,59)/t25-,28-,35?,42?. The summed E-state index contributed by atoms with van der Waals surface area (Å²) in [6, 6.07) is 11.4. The number of rotatable bonds is 9. The number of pyridine rings is 1. The number of carbonyl (C=O) groups is 4. The molecule has 2 aliphatic carbocycles. The Balaban J connectivity index is 0.766. The Morgan fingerprint density at radius 1 is 0.968 bits per heavy atom. The van der Waals surface area contributed by atoms with Crippen LogP contribution >= 0.6 is 0 Å². The molecule has 1 spiro atoms. The van der Waals surface area contributed by atoms with Gasteiger partial charge in [-0.15, -0.1) is 0 Å². The molecule has 2 aromatic heterocycles. The molecule has 328 valence electrons. The van der Waals surface area contributed by atoms with Gasteiger partial charge >= 0.3 is 6.18 Å². The third-order valence-electron chi connectivity index (χ3n) is 13.8. The molecule has 5 aliphatic rings. The SMILES string of the molecule is CC(C)(O)c1cc2nn([C@H]3CC[C@H](CN4CCC5(CC4)CC(Nc4cccc6c4C(O)N(C4CCC(=O)NC4=O)C6=O)C5)CC3)cc2cc1NC(=O)c1cccc(C(F)(F)F)n1. The lowest BCUT2D eigenvalue weighted by atomic mass is 9.60. The van der Waals surface area contributed by atoms with Crippen LogP contribution in [0.15, 0.2) is 54.7 Å². The molecule has 2 unspecified atom stereocenters. The number of nitrogens with one attached hydrogen (secondary N) is 3. The topological polar surface area (TPSA) is 182 Å². The molecule has 2 aromatic carbocycles. The third-order valence-corrected chi connectivity index (χ3v) is 13.8. The van der Waals surface area contributed by atoms with Gasteiger partial charge in [0, 0.05) is 58.7 Å². The van der Waals surface area contributed by atoms with Crippen molar-refractivity contribution in [3.63, 3.8) is 0 Å². The number of hydrogen-bond acceptors (Lipinski definition) is 10. The molecule has 4 aromatic rings. The molecule has 17 heteroatoms. The van der Waals surface area contributed by atoms with E-state index < -0.39 is 47.5 Å². The summed E-state index contributed by atoms with van der Waals surface area (Å²) >= 11 is 0. The van der Waals surface area contributed by atoms with Gasteiger partial charge in [-0.1, -0.05) is 12.1 Å². The number of piperidine rings is 2. The minimum Gasteiger partial charge on any atom is -0.386 e. The fraction of sp³-hybridized carbons (Fsp3) is 0.511. The minimum absolute atomic E-state index is 0.114. The lowest BCUT2D eigenvalue weighted by Gasteiger charge is -2.53. The maximum atomic E-state index is 13.3. The highest BCUT2D eigenvalue weighted by Crippen LogP contribution is 2.51. The van der Waals surface area contributed by atoms with E-state index >= 15 is 0 Å². The maximum Gasteiger partial charge on any atom is 0.433 e. The molecule has 3 aliphatic heterocycles. The average molecular weight is 857 g/mol. The van der Waals surface area contributed by atoms with E-state index in [9.17, 15) is 42.6 Å². The molecule has 2 atom stereocenters. The summed E-state index contributed by atoms with van der Waals surface area (Å²) in [6.45, 7) is 6.28. The first kappa shape index (κ1) is 41.9. The van der Waals surface area contributed by atoms with E-state index in [2.05, 4.69) is 25.8 Å². The van der Waals surface area contributed by atoms with Crippen LogP contribution in [-0.2, 0) is 21.4 Å². The fourth-order valence-electron chi connectivity index (χ4n) is 10.5. The summed E-state index contributed by atoms with van der Waals surface area (Å²) in [5.41, 5.74) is 0.192. The Labute approximate surface area is 356 Å². The molecule has 0 radical (unpaired) electrons. The molecule has 5 N–H and O–H groups in total. The first-order valence-electron chi connectivity index (χ1n) is 21.5. The third kappa shape index (κ3) is 8.05. The summed E-state index contributed by atoms with van der Waals surface area (Å²) in [7, 11) is 0. The summed E-state index contributed by atoms with van der Waals surface area (Å²) in [5, 5.41) is 36.5. The van der Waals surface area contributed by atoms with Crippen LogP contribution in [0.1, 0.15) is 128 Å². The van der Waals surface area contributed by atoms with Crippen LogP contribution in [-0.4, -0.2) is 90.1 Å². The predicted molar refractivity (Wildman–Crippen MR) is 222 cm³/mol. The van der Waals surface area contributed by atoms with Gasteiger partial charge in [-0.2, -0.15) is 18.3 Å². The Hall–Kier alpha value is -5.39. The lowest BCUT2D eigenvalue weighted by molar-refractivity contribution is -0.141. The van der Waals surface area contributed by atoms with Crippen molar-refractivity contribution in [3.8, 4) is 0 Å². The summed E-state index contributed by atoms with van der Waals surface area (Å²) in [4.78, 5) is 58.0. The molecular formula is C45H51F3N8O6. The molecule has 2 saturated carbocycles. The van der Waals surface area contributed by atoms with Crippen LogP contribution in [0.3, 0.4) is 0 Å². The largest absolute Gasteiger partial charge is 0.433 e. The van der Waals surface area contributed by atoms with Gasteiger partial charge in [-0.3, -0.25) is 34.1 Å². The van der Waals surface area contributed by atoms with Crippen molar-refractivity contribution in [1.29, 1.82) is 0 Å². The molecule has 2 saturated heterocycles. The molecule has 4 amide bonds. The quantitative estimate of drug-likeness (QED) is 0.120. The van der Waals surface area contributed by atoms with Crippen LogP contribution in [0, 0.1) is 11.3 Å². The highest BCUT2D eigenvalue weighted by Gasteiger charge is 2.48. The number of aliphatic hydroxyl groups is 2. The molecular weight excluding hydrogens is 806 g/mol. The van der Waals surface area contributed by atoms with Crippen molar-refractivity contribution >= 4 is 45.9 Å². The normalized spacial score (nSPS) is 24.6. The van der Waals surface area contributed by atoms with Gasteiger partial charge in [0.1, 0.15) is 17.4 Å². The first-order chi connectivity index (χ1) is 29.4. The van der Waals surface area contributed by atoms with Crippen LogP contribution in [0.5, 0.6) is 0 Å². The van der Waals surface area contributed by atoms with E-state index in [0.29, 0.717) is 33.8 Å². The molecule has 4 fully saturated rings. The van der Waals surface area contributed by atoms with Gasteiger partial charge in [-0.05, 0) is 132 Å². The monoisotopic (exact) mass is 856 g/mol. The number of aliphatic hydroxyl groups excluding tert-OH is 1. The van der Waals surface area contributed by atoms with Crippen molar-refractivity contribution in [3.05, 3.63) is 82.8 Å². The van der Waals surface area contributed by atoms with Gasteiger partial charge in [0.25, 0.3) is 11.8 Å². The van der Waals surface area contributed by atoms with Gasteiger partial charge in [-0.25, -0.2) is 4.98 Å².